The lowest BCUT2D eigenvalue weighted by Crippen LogP contribution is -2.42. The smallest absolute Gasteiger partial charge is 0.267 e. The van der Waals surface area contributed by atoms with Gasteiger partial charge in [-0.3, -0.25) is 9.40 Å². The third-order valence-electron chi connectivity index (χ3n) is 3.25. The number of nitrogens with zero attached hydrogens (tertiary/aromatic N) is 2. The van der Waals surface area contributed by atoms with Crippen LogP contribution in [0.25, 0.3) is 0 Å². The van der Waals surface area contributed by atoms with Gasteiger partial charge in [0.25, 0.3) is 10.0 Å². The molecule has 8 heteroatoms. The number of rotatable bonds is 3. The maximum Gasteiger partial charge on any atom is 0.267 e. The van der Waals surface area contributed by atoms with Gasteiger partial charge in [-0.05, 0) is 19.1 Å². The van der Waals surface area contributed by atoms with Crippen molar-refractivity contribution in [2.24, 2.45) is 0 Å². The summed E-state index contributed by atoms with van der Waals surface area (Å²) in [5.74, 6) is 1.08. The van der Waals surface area contributed by atoms with Crippen LogP contribution in [0.5, 0.6) is 11.5 Å². The van der Waals surface area contributed by atoms with Gasteiger partial charge in [0.2, 0.25) is 0 Å². The highest BCUT2D eigenvalue weighted by molar-refractivity contribution is 7.92. The number of aromatic amines is 1. The van der Waals surface area contributed by atoms with Gasteiger partial charge in [0, 0.05) is 12.3 Å². The highest BCUT2D eigenvalue weighted by atomic mass is 32.2. The molecule has 1 N–H and O–H groups in total. The lowest BCUT2D eigenvalue weighted by molar-refractivity contribution is 0.219. The van der Waals surface area contributed by atoms with Gasteiger partial charge in [-0.2, -0.15) is 5.10 Å². The molecule has 1 atom stereocenters. The first-order chi connectivity index (χ1) is 10.0. The zero-order valence-electron chi connectivity index (χ0n) is 11.6. The Morgan fingerprint density at radius 1 is 1.48 bits per heavy atom. The van der Waals surface area contributed by atoms with Crippen LogP contribution < -0.4 is 13.8 Å². The molecule has 7 nitrogen and oxygen atoms in total. The second-order valence-electron chi connectivity index (χ2n) is 4.73. The predicted molar refractivity (Wildman–Crippen MR) is 76.2 cm³/mol. The van der Waals surface area contributed by atoms with E-state index in [1.165, 1.54) is 23.8 Å². The number of fused-ring (bicyclic) bond motifs is 1. The minimum Gasteiger partial charge on any atom is -0.497 e. The summed E-state index contributed by atoms with van der Waals surface area (Å²) in [4.78, 5) is 0.116. The van der Waals surface area contributed by atoms with Crippen molar-refractivity contribution in [3.05, 3.63) is 30.6 Å². The van der Waals surface area contributed by atoms with Gasteiger partial charge in [0.05, 0.1) is 25.5 Å². The molecule has 0 amide bonds. The van der Waals surface area contributed by atoms with E-state index in [9.17, 15) is 8.42 Å². The second-order valence-corrected chi connectivity index (χ2v) is 6.59. The second kappa shape index (κ2) is 4.96. The van der Waals surface area contributed by atoms with Crippen LogP contribution in [-0.2, 0) is 10.0 Å². The fourth-order valence-corrected chi connectivity index (χ4v) is 3.69. The maximum absolute atomic E-state index is 12.7. The standard InChI is InChI=1S/C13H15N3O4S/c1-9-8-16(21(17,18)11-6-14-15-7-11)12-5-10(19-2)3-4-13(12)20-9/h3-7,9H,8H2,1-2H3,(H,14,15). The summed E-state index contributed by atoms with van der Waals surface area (Å²) < 4.78 is 37.6. The van der Waals surface area contributed by atoms with Crippen LogP contribution in [0.3, 0.4) is 0 Å². The summed E-state index contributed by atoms with van der Waals surface area (Å²) in [6.45, 7) is 2.05. The van der Waals surface area contributed by atoms with E-state index in [1.807, 2.05) is 6.92 Å². The molecule has 0 bridgehead atoms. The molecule has 1 unspecified atom stereocenters. The van der Waals surface area contributed by atoms with E-state index >= 15 is 0 Å². The molecular weight excluding hydrogens is 294 g/mol. The average Bonchev–Trinajstić information content (AvgIpc) is 3.00. The number of hydrogen-bond acceptors (Lipinski definition) is 5. The van der Waals surface area contributed by atoms with Crippen LogP contribution in [-0.4, -0.2) is 38.4 Å². The molecule has 0 fully saturated rings. The van der Waals surface area contributed by atoms with Gasteiger partial charge in [0.1, 0.15) is 22.5 Å². The van der Waals surface area contributed by atoms with Gasteiger partial charge in [-0.15, -0.1) is 0 Å². The number of nitrogens with one attached hydrogen (secondary N) is 1. The Balaban J connectivity index is 2.12. The Morgan fingerprint density at radius 3 is 2.95 bits per heavy atom. The zero-order valence-corrected chi connectivity index (χ0v) is 12.4. The van der Waals surface area contributed by atoms with Crippen LogP contribution in [0.4, 0.5) is 5.69 Å². The molecule has 0 aliphatic carbocycles. The molecule has 0 spiro atoms. The molecular formula is C13H15N3O4S. The third-order valence-corrected chi connectivity index (χ3v) is 4.99. The van der Waals surface area contributed by atoms with Gasteiger partial charge in [0.15, 0.2) is 0 Å². The molecule has 2 heterocycles. The van der Waals surface area contributed by atoms with Crippen LogP contribution >= 0.6 is 0 Å². The Kier molecular flexibility index (Phi) is 3.25. The number of ether oxygens (including phenoxy) is 2. The van der Waals surface area contributed by atoms with Crippen molar-refractivity contribution in [1.82, 2.24) is 10.2 Å². The molecule has 21 heavy (non-hydrogen) atoms. The van der Waals surface area contributed by atoms with Crippen molar-refractivity contribution < 1.29 is 17.9 Å². The molecule has 0 saturated heterocycles. The number of aromatic nitrogens is 2. The van der Waals surface area contributed by atoms with Crippen molar-refractivity contribution in [3.63, 3.8) is 0 Å². The summed E-state index contributed by atoms with van der Waals surface area (Å²) in [6, 6.07) is 5.10. The topological polar surface area (TPSA) is 84.5 Å². The summed E-state index contributed by atoms with van der Waals surface area (Å²) in [5.41, 5.74) is 0.466. The largest absolute Gasteiger partial charge is 0.497 e. The molecule has 0 radical (unpaired) electrons. The Bertz CT molecular complexity index is 743. The average molecular weight is 309 g/mol. The molecule has 1 aliphatic rings. The maximum atomic E-state index is 12.7. The normalized spacial score (nSPS) is 18.0. The summed E-state index contributed by atoms with van der Waals surface area (Å²) in [7, 11) is -2.16. The fourth-order valence-electron chi connectivity index (χ4n) is 2.24. The minimum atomic E-state index is -3.69. The van der Waals surface area contributed by atoms with Crippen LogP contribution in [0, 0.1) is 0 Å². The summed E-state index contributed by atoms with van der Waals surface area (Å²) in [5, 5.41) is 6.23. The lowest BCUT2D eigenvalue weighted by Gasteiger charge is -2.33. The summed E-state index contributed by atoms with van der Waals surface area (Å²) >= 11 is 0. The van der Waals surface area contributed by atoms with Gasteiger partial charge < -0.3 is 9.47 Å². The predicted octanol–water partition coefficient (Wildman–Crippen LogP) is 1.39. The Hall–Kier alpha value is -2.22. The van der Waals surface area contributed by atoms with E-state index in [0.29, 0.717) is 17.2 Å². The molecule has 1 aromatic heterocycles. The SMILES string of the molecule is COc1ccc2c(c1)N(S(=O)(=O)c1cn[nH]c1)CC(C)O2. The monoisotopic (exact) mass is 309 g/mol. The summed E-state index contributed by atoms with van der Waals surface area (Å²) in [6.07, 6.45) is 2.40. The van der Waals surface area contributed by atoms with Gasteiger partial charge in [-0.25, -0.2) is 8.42 Å². The number of anilines is 1. The number of benzene rings is 1. The van der Waals surface area contributed by atoms with E-state index in [2.05, 4.69) is 10.2 Å². The molecule has 0 saturated carbocycles. The van der Waals surface area contributed by atoms with Gasteiger partial charge >= 0.3 is 0 Å². The van der Waals surface area contributed by atoms with E-state index in [1.54, 1.807) is 18.2 Å². The fraction of sp³-hybridized carbons (Fsp3) is 0.308. The van der Waals surface area contributed by atoms with E-state index < -0.39 is 10.0 Å². The Labute approximate surface area is 122 Å². The first-order valence-corrected chi connectivity index (χ1v) is 7.82. The zero-order chi connectivity index (χ0) is 15.0. The molecule has 1 aromatic carbocycles. The first-order valence-electron chi connectivity index (χ1n) is 6.38. The quantitative estimate of drug-likeness (QED) is 0.926. The number of sulfonamides is 1. The Morgan fingerprint density at radius 2 is 2.29 bits per heavy atom. The molecule has 1 aliphatic heterocycles. The number of H-pyrrole nitrogens is 1. The van der Waals surface area contributed by atoms with E-state index in [-0.39, 0.29) is 17.5 Å². The molecule has 3 rings (SSSR count). The van der Waals surface area contributed by atoms with Crippen LogP contribution in [0.1, 0.15) is 6.92 Å². The molecule has 112 valence electrons. The van der Waals surface area contributed by atoms with Gasteiger partial charge in [-0.1, -0.05) is 0 Å². The highest BCUT2D eigenvalue weighted by Crippen LogP contribution is 2.39. The van der Waals surface area contributed by atoms with Crippen molar-refractivity contribution in [1.29, 1.82) is 0 Å². The van der Waals surface area contributed by atoms with Crippen molar-refractivity contribution in [3.8, 4) is 11.5 Å². The van der Waals surface area contributed by atoms with E-state index in [0.717, 1.165) is 0 Å². The minimum absolute atomic E-state index is 0.116. The van der Waals surface area contributed by atoms with E-state index in [4.69, 9.17) is 9.47 Å². The van der Waals surface area contributed by atoms with Crippen molar-refractivity contribution in [2.45, 2.75) is 17.9 Å². The number of hydrogen-bond donors (Lipinski definition) is 1. The lowest BCUT2D eigenvalue weighted by atomic mass is 10.2. The van der Waals surface area contributed by atoms with Crippen molar-refractivity contribution in [2.75, 3.05) is 18.0 Å². The number of methoxy groups -OCH3 is 1. The van der Waals surface area contributed by atoms with Crippen LogP contribution in [0.15, 0.2) is 35.5 Å². The highest BCUT2D eigenvalue weighted by Gasteiger charge is 2.33. The molecule has 2 aromatic rings. The third kappa shape index (κ3) is 2.31. The first kappa shape index (κ1) is 13.7. The van der Waals surface area contributed by atoms with Crippen molar-refractivity contribution >= 4 is 15.7 Å². The van der Waals surface area contributed by atoms with Crippen LogP contribution in [0.2, 0.25) is 0 Å².